The van der Waals surface area contributed by atoms with Gasteiger partial charge in [-0.1, -0.05) is 0 Å². The fourth-order valence-corrected chi connectivity index (χ4v) is 3.15. The smallest absolute Gasteiger partial charge is 0.244 e. The molecule has 1 aliphatic rings. The van der Waals surface area contributed by atoms with Crippen LogP contribution < -0.4 is 5.32 Å². The van der Waals surface area contributed by atoms with Crippen LogP contribution in [0.3, 0.4) is 0 Å². The lowest BCUT2D eigenvalue weighted by Gasteiger charge is -2.30. The Morgan fingerprint density at radius 1 is 1.53 bits per heavy atom. The first-order valence-corrected chi connectivity index (χ1v) is 6.42. The summed E-state index contributed by atoms with van der Waals surface area (Å²) < 4.78 is 24.1. The third-order valence-electron chi connectivity index (χ3n) is 2.07. The van der Waals surface area contributed by atoms with Gasteiger partial charge < -0.3 is 0 Å². The van der Waals surface area contributed by atoms with E-state index in [1.807, 2.05) is 0 Å². The molecule has 1 unspecified atom stereocenters. The maximum atomic E-state index is 11.6. The topological polar surface area (TPSA) is 83.6 Å². The van der Waals surface area contributed by atoms with Gasteiger partial charge in [0.2, 0.25) is 21.8 Å². The number of amides is 2. The second kappa shape index (κ2) is 4.46. The van der Waals surface area contributed by atoms with Crippen LogP contribution in [-0.4, -0.2) is 48.8 Å². The number of sulfonamides is 1. The van der Waals surface area contributed by atoms with Crippen LogP contribution >= 0.6 is 11.6 Å². The summed E-state index contributed by atoms with van der Waals surface area (Å²) >= 11 is 5.33. The van der Waals surface area contributed by atoms with Crippen LogP contribution in [-0.2, 0) is 19.6 Å². The molecule has 0 aliphatic carbocycles. The van der Waals surface area contributed by atoms with Crippen molar-refractivity contribution in [2.75, 3.05) is 18.2 Å². The molecule has 0 radical (unpaired) electrons. The molecule has 8 heteroatoms. The number of piperazine rings is 1. The van der Waals surface area contributed by atoms with Crippen LogP contribution in [0.1, 0.15) is 6.92 Å². The molecule has 86 valence electrons. The minimum absolute atomic E-state index is 0.0681. The molecule has 6 nitrogen and oxygen atoms in total. The number of hydrogen-bond acceptors (Lipinski definition) is 4. The van der Waals surface area contributed by atoms with Gasteiger partial charge in [0.15, 0.2) is 0 Å². The van der Waals surface area contributed by atoms with E-state index in [1.165, 1.54) is 6.92 Å². The predicted molar refractivity (Wildman–Crippen MR) is 53.8 cm³/mol. The van der Waals surface area contributed by atoms with Gasteiger partial charge in [-0.25, -0.2) is 8.42 Å². The van der Waals surface area contributed by atoms with E-state index in [1.54, 1.807) is 0 Å². The Bertz CT molecular complexity index is 380. The van der Waals surface area contributed by atoms with Crippen molar-refractivity contribution in [3.63, 3.8) is 0 Å². The lowest BCUT2D eigenvalue weighted by atomic mass is 10.2. The Kier molecular flexibility index (Phi) is 3.69. The zero-order valence-electron chi connectivity index (χ0n) is 8.07. The number of nitrogens with zero attached hydrogens (tertiary/aromatic N) is 1. The van der Waals surface area contributed by atoms with Crippen molar-refractivity contribution in [1.82, 2.24) is 9.62 Å². The van der Waals surface area contributed by atoms with Gasteiger partial charge in [0.05, 0.1) is 12.3 Å². The number of imide groups is 1. The standard InChI is InChI=1S/C7H11ClN2O4S/c1-5-7(12)9-6(11)4-10(5)15(13,14)3-2-8/h5H,2-4H2,1H3,(H,9,11,12). The molecule has 15 heavy (non-hydrogen) atoms. The highest BCUT2D eigenvalue weighted by atomic mass is 35.5. The summed E-state index contributed by atoms with van der Waals surface area (Å²) in [5.41, 5.74) is 0. The van der Waals surface area contributed by atoms with E-state index in [2.05, 4.69) is 5.32 Å². The average Bonchev–Trinajstić information content (AvgIpc) is 2.11. The summed E-state index contributed by atoms with van der Waals surface area (Å²) in [6.45, 7) is 1.10. The fraction of sp³-hybridized carbons (Fsp3) is 0.714. The quantitative estimate of drug-likeness (QED) is 0.512. The second-order valence-electron chi connectivity index (χ2n) is 3.14. The molecule has 1 saturated heterocycles. The van der Waals surface area contributed by atoms with Crippen molar-refractivity contribution in [3.05, 3.63) is 0 Å². The summed E-state index contributed by atoms with van der Waals surface area (Å²) in [6.07, 6.45) is 0. The largest absolute Gasteiger partial charge is 0.294 e. The van der Waals surface area contributed by atoms with Gasteiger partial charge in [0.1, 0.15) is 6.04 Å². The number of halogens is 1. The summed E-state index contributed by atoms with van der Waals surface area (Å²) in [5.74, 6) is -1.57. The Morgan fingerprint density at radius 2 is 2.13 bits per heavy atom. The van der Waals surface area contributed by atoms with Gasteiger partial charge in [-0.05, 0) is 6.92 Å². The molecular weight excluding hydrogens is 244 g/mol. The molecular formula is C7H11ClN2O4S. The first-order valence-electron chi connectivity index (χ1n) is 4.27. The van der Waals surface area contributed by atoms with Crippen LogP contribution in [0, 0.1) is 0 Å². The summed E-state index contributed by atoms with van der Waals surface area (Å²) in [7, 11) is -3.63. The van der Waals surface area contributed by atoms with Gasteiger partial charge >= 0.3 is 0 Å². The zero-order valence-corrected chi connectivity index (χ0v) is 9.64. The van der Waals surface area contributed by atoms with E-state index in [4.69, 9.17) is 11.6 Å². The van der Waals surface area contributed by atoms with Gasteiger partial charge in [0.25, 0.3) is 0 Å². The van der Waals surface area contributed by atoms with E-state index in [0.717, 1.165) is 4.31 Å². The molecule has 1 aliphatic heterocycles. The fourth-order valence-electron chi connectivity index (χ4n) is 1.24. The summed E-state index contributed by atoms with van der Waals surface area (Å²) in [5, 5.41) is 2.06. The minimum Gasteiger partial charge on any atom is -0.294 e. The zero-order chi connectivity index (χ0) is 11.6. The highest BCUT2D eigenvalue weighted by Crippen LogP contribution is 2.11. The number of alkyl halides is 1. The molecule has 0 aromatic carbocycles. The van der Waals surface area contributed by atoms with Gasteiger partial charge in [-0.2, -0.15) is 4.31 Å². The third-order valence-corrected chi connectivity index (χ3v) is 4.36. The Balaban J connectivity index is 2.93. The van der Waals surface area contributed by atoms with Crippen LogP contribution in [0.5, 0.6) is 0 Å². The van der Waals surface area contributed by atoms with E-state index in [-0.39, 0.29) is 18.2 Å². The summed E-state index contributed by atoms with van der Waals surface area (Å²) in [4.78, 5) is 22.2. The first kappa shape index (κ1) is 12.4. The Labute approximate surface area is 92.6 Å². The monoisotopic (exact) mass is 254 g/mol. The average molecular weight is 255 g/mol. The van der Waals surface area contributed by atoms with Crippen LogP contribution in [0.2, 0.25) is 0 Å². The molecule has 1 fully saturated rings. The molecule has 0 saturated carbocycles. The molecule has 1 atom stereocenters. The SMILES string of the molecule is CC1C(=O)NC(=O)CN1S(=O)(=O)CCCl. The molecule has 0 aromatic rings. The van der Waals surface area contributed by atoms with Gasteiger partial charge in [0, 0.05) is 5.88 Å². The third kappa shape index (κ3) is 2.67. The van der Waals surface area contributed by atoms with Crippen molar-refractivity contribution in [2.24, 2.45) is 0 Å². The van der Waals surface area contributed by atoms with Crippen molar-refractivity contribution < 1.29 is 18.0 Å². The number of hydrogen-bond donors (Lipinski definition) is 1. The van der Waals surface area contributed by atoms with Crippen molar-refractivity contribution in [2.45, 2.75) is 13.0 Å². The van der Waals surface area contributed by atoms with Crippen molar-refractivity contribution >= 4 is 33.4 Å². The minimum atomic E-state index is -3.63. The maximum Gasteiger partial charge on any atom is 0.244 e. The highest BCUT2D eigenvalue weighted by Gasteiger charge is 2.37. The maximum absolute atomic E-state index is 11.6. The first-order chi connectivity index (χ1) is 6.88. The number of nitrogens with one attached hydrogen (secondary N) is 1. The van der Waals surface area contributed by atoms with E-state index >= 15 is 0 Å². The predicted octanol–water partition coefficient (Wildman–Crippen LogP) is -1.10. The van der Waals surface area contributed by atoms with Crippen LogP contribution in [0.15, 0.2) is 0 Å². The molecule has 2 amide bonds. The van der Waals surface area contributed by atoms with E-state index < -0.39 is 27.9 Å². The van der Waals surface area contributed by atoms with Crippen LogP contribution in [0.4, 0.5) is 0 Å². The number of carbonyl (C=O) groups excluding carboxylic acids is 2. The molecule has 1 rings (SSSR count). The summed E-state index contributed by atoms with van der Waals surface area (Å²) in [6, 6.07) is -0.865. The Hall–Kier alpha value is -0.660. The second-order valence-corrected chi connectivity index (χ2v) is 5.56. The van der Waals surface area contributed by atoms with Crippen LogP contribution in [0.25, 0.3) is 0 Å². The van der Waals surface area contributed by atoms with Gasteiger partial charge in [-0.15, -0.1) is 11.6 Å². The molecule has 1 heterocycles. The molecule has 0 spiro atoms. The van der Waals surface area contributed by atoms with E-state index in [9.17, 15) is 18.0 Å². The van der Waals surface area contributed by atoms with Crippen molar-refractivity contribution in [1.29, 1.82) is 0 Å². The molecule has 1 N–H and O–H groups in total. The normalized spacial score (nSPS) is 24.0. The lowest BCUT2D eigenvalue weighted by molar-refractivity contribution is -0.136. The van der Waals surface area contributed by atoms with Gasteiger partial charge in [-0.3, -0.25) is 14.9 Å². The lowest BCUT2D eigenvalue weighted by Crippen LogP contribution is -2.58. The molecule has 0 aromatic heterocycles. The highest BCUT2D eigenvalue weighted by molar-refractivity contribution is 7.89. The van der Waals surface area contributed by atoms with Crippen molar-refractivity contribution in [3.8, 4) is 0 Å². The molecule has 0 bridgehead atoms. The Morgan fingerprint density at radius 3 is 2.67 bits per heavy atom. The van der Waals surface area contributed by atoms with E-state index in [0.29, 0.717) is 0 Å². The number of carbonyl (C=O) groups is 2. The number of rotatable bonds is 3.